The number of terminal acetylenes is 1. The van der Waals surface area contributed by atoms with E-state index in [1.165, 1.54) is 0 Å². The van der Waals surface area contributed by atoms with Gasteiger partial charge in [0.25, 0.3) is 0 Å². The fourth-order valence-electron chi connectivity index (χ4n) is 0.385. The van der Waals surface area contributed by atoms with Gasteiger partial charge in [0.15, 0.2) is 0 Å². The van der Waals surface area contributed by atoms with Crippen LogP contribution in [0.1, 0.15) is 13.3 Å². The van der Waals surface area contributed by atoms with Gasteiger partial charge in [0.05, 0.1) is 0 Å². The predicted octanol–water partition coefficient (Wildman–Crippen LogP) is 2.72. The highest BCUT2D eigenvalue weighted by Gasteiger charge is 1.57. The van der Waals surface area contributed by atoms with E-state index in [9.17, 15) is 0 Å². The molecule has 0 aromatic heterocycles. The highest BCUT2D eigenvalue weighted by molar-refractivity contribution is 4.99. The maximum absolute atomic E-state index is 4.78. The Morgan fingerprint density at radius 3 is 1.30 bits per heavy atom. The standard InChI is InChI=1S/C6H6.C4H6/c1-2-4-6-5-3-1;1-3-4-2/h1-6H;1H,4H2,2H3. The van der Waals surface area contributed by atoms with Crippen LogP contribution in [0.2, 0.25) is 0 Å². The third-order valence-corrected chi connectivity index (χ3v) is 0.871. The normalized spacial score (nSPS) is 6.80. The molecule has 0 saturated heterocycles. The molecular formula is C10H12. The molecule has 0 aliphatic heterocycles. The van der Waals surface area contributed by atoms with E-state index in [1.807, 2.05) is 43.3 Å². The lowest BCUT2D eigenvalue weighted by Crippen LogP contribution is -1.47. The van der Waals surface area contributed by atoms with Gasteiger partial charge in [0.2, 0.25) is 0 Å². The molecule has 52 valence electrons. The molecule has 0 atom stereocenters. The Bertz CT molecular complexity index is 142. The van der Waals surface area contributed by atoms with Gasteiger partial charge in [-0.2, -0.15) is 0 Å². The molecule has 0 heteroatoms. The van der Waals surface area contributed by atoms with Crippen molar-refractivity contribution in [3.05, 3.63) is 36.4 Å². The molecular weight excluding hydrogens is 120 g/mol. The molecule has 1 aromatic rings. The predicted molar refractivity (Wildman–Crippen MR) is 45.6 cm³/mol. The lowest BCUT2D eigenvalue weighted by atomic mass is 10.4. The average molecular weight is 132 g/mol. The van der Waals surface area contributed by atoms with Crippen LogP contribution in [0.4, 0.5) is 0 Å². The second-order valence-electron chi connectivity index (χ2n) is 1.71. The summed E-state index contributed by atoms with van der Waals surface area (Å²) in [5.74, 6) is 2.43. The van der Waals surface area contributed by atoms with Crippen molar-refractivity contribution >= 4 is 0 Å². The smallest absolute Gasteiger partial charge is 0.00576 e. The lowest BCUT2D eigenvalue weighted by molar-refractivity contribution is 1.28. The summed E-state index contributed by atoms with van der Waals surface area (Å²) in [4.78, 5) is 0. The van der Waals surface area contributed by atoms with Gasteiger partial charge in [-0.1, -0.05) is 43.3 Å². The Morgan fingerprint density at radius 2 is 1.20 bits per heavy atom. The molecule has 0 fully saturated rings. The molecule has 1 rings (SSSR count). The van der Waals surface area contributed by atoms with Crippen molar-refractivity contribution in [2.45, 2.75) is 13.3 Å². The van der Waals surface area contributed by atoms with Crippen LogP contribution >= 0.6 is 0 Å². The van der Waals surface area contributed by atoms with Gasteiger partial charge in [-0.05, 0) is 0 Å². The van der Waals surface area contributed by atoms with E-state index < -0.39 is 0 Å². The molecule has 0 amide bonds. The highest BCUT2D eigenvalue weighted by Crippen LogP contribution is 1.79. The second-order valence-corrected chi connectivity index (χ2v) is 1.71. The summed E-state index contributed by atoms with van der Waals surface area (Å²) in [5.41, 5.74) is 0. The van der Waals surface area contributed by atoms with Crippen molar-refractivity contribution in [2.24, 2.45) is 0 Å². The first kappa shape index (κ1) is 8.78. The third-order valence-electron chi connectivity index (χ3n) is 0.871. The minimum absolute atomic E-state index is 0.847. The average Bonchev–Trinajstić information content (AvgIpc) is 2.08. The molecule has 0 aliphatic carbocycles. The van der Waals surface area contributed by atoms with E-state index in [4.69, 9.17) is 6.42 Å². The number of benzene rings is 1. The lowest BCUT2D eigenvalue weighted by Gasteiger charge is -1.69. The van der Waals surface area contributed by atoms with E-state index in [0.717, 1.165) is 6.42 Å². The van der Waals surface area contributed by atoms with Crippen molar-refractivity contribution in [1.29, 1.82) is 0 Å². The molecule has 10 heavy (non-hydrogen) atoms. The van der Waals surface area contributed by atoms with E-state index >= 15 is 0 Å². The summed E-state index contributed by atoms with van der Waals surface area (Å²) in [6, 6.07) is 12.0. The molecule has 1 aromatic carbocycles. The molecule has 0 spiro atoms. The first-order valence-corrected chi connectivity index (χ1v) is 3.35. The summed E-state index contributed by atoms with van der Waals surface area (Å²) >= 11 is 0. The maximum Gasteiger partial charge on any atom is 0.00576 e. The molecule has 0 heterocycles. The van der Waals surface area contributed by atoms with E-state index in [-0.39, 0.29) is 0 Å². The molecule has 0 saturated carbocycles. The van der Waals surface area contributed by atoms with Crippen molar-refractivity contribution < 1.29 is 0 Å². The van der Waals surface area contributed by atoms with E-state index in [2.05, 4.69) is 5.92 Å². The fraction of sp³-hybridized carbons (Fsp3) is 0.200. The Hall–Kier alpha value is -1.22. The fourth-order valence-corrected chi connectivity index (χ4v) is 0.385. The molecule has 0 aliphatic rings. The molecule has 0 bridgehead atoms. The molecule has 0 nitrogen and oxygen atoms in total. The maximum atomic E-state index is 4.78. The van der Waals surface area contributed by atoms with Crippen LogP contribution in [-0.2, 0) is 0 Å². The van der Waals surface area contributed by atoms with Gasteiger partial charge in [0.1, 0.15) is 0 Å². The highest BCUT2D eigenvalue weighted by atomic mass is 13.6. The zero-order valence-electron chi connectivity index (χ0n) is 6.25. The Morgan fingerprint density at radius 1 is 1.00 bits per heavy atom. The van der Waals surface area contributed by atoms with Crippen molar-refractivity contribution in [3.63, 3.8) is 0 Å². The van der Waals surface area contributed by atoms with E-state index in [1.54, 1.807) is 0 Å². The monoisotopic (exact) mass is 132 g/mol. The van der Waals surface area contributed by atoms with Gasteiger partial charge in [-0.15, -0.1) is 12.3 Å². The topological polar surface area (TPSA) is 0 Å². The largest absolute Gasteiger partial charge is 0.120 e. The van der Waals surface area contributed by atoms with Gasteiger partial charge < -0.3 is 0 Å². The van der Waals surface area contributed by atoms with Crippen LogP contribution in [0.3, 0.4) is 0 Å². The summed E-state index contributed by atoms with van der Waals surface area (Å²) in [5, 5.41) is 0. The zero-order valence-corrected chi connectivity index (χ0v) is 6.25. The summed E-state index contributed by atoms with van der Waals surface area (Å²) in [6.07, 6.45) is 5.62. The van der Waals surface area contributed by atoms with Crippen LogP contribution in [0.25, 0.3) is 0 Å². The van der Waals surface area contributed by atoms with Crippen molar-refractivity contribution in [3.8, 4) is 12.3 Å². The van der Waals surface area contributed by atoms with Gasteiger partial charge >= 0.3 is 0 Å². The van der Waals surface area contributed by atoms with Crippen LogP contribution < -0.4 is 0 Å². The van der Waals surface area contributed by atoms with Crippen LogP contribution in [0, 0.1) is 12.3 Å². The minimum Gasteiger partial charge on any atom is -0.120 e. The quantitative estimate of drug-likeness (QED) is 0.476. The molecule has 0 N–H and O–H groups in total. The Kier molecular flexibility index (Phi) is 6.83. The van der Waals surface area contributed by atoms with Gasteiger partial charge in [0, 0.05) is 6.42 Å². The van der Waals surface area contributed by atoms with Crippen molar-refractivity contribution in [2.75, 3.05) is 0 Å². The van der Waals surface area contributed by atoms with Crippen molar-refractivity contribution in [1.82, 2.24) is 0 Å². The third kappa shape index (κ3) is 6.78. The van der Waals surface area contributed by atoms with Gasteiger partial charge in [-0.3, -0.25) is 0 Å². The zero-order chi connectivity index (χ0) is 7.66. The Balaban J connectivity index is 0.000000180. The summed E-state index contributed by atoms with van der Waals surface area (Å²) < 4.78 is 0. The Labute approximate surface area is 62.9 Å². The van der Waals surface area contributed by atoms with Crippen LogP contribution in [0.5, 0.6) is 0 Å². The second kappa shape index (κ2) is 7.78. The summed E-state index contributed by atoms with van der Waals surface area (Å²) in [7, 11) is 0. The molecule has 0 radical (unpaired) electrons. The molecule has 0 unspecified atom stereocenters. The summed E-state index contributed by atoms with van der Waals surface area (Å²) in [6.45, 7) is 1.94. The number of hydrogen-bond acceptors (Lipinski definition) is 0. The van der Waals surface area contributed by atoms with Gasteiger partial charge in [-0.25, -0.2) is 0 Å². The number of rotatable bonds is 0. The van der Waals surface area contributed by atoms with Crippen LogP contribution in [-0.4, -0.2) is 0 Å². The number of hydrogen-bond donors (Lipinski definition) is 0. The SMILES string of the molecule is C#CCC.c1ccccc1. The van der Waals surface area contributed by atoms with E-state index in [0.29, 0.717) is 0 Å². The minimum atomic E-state index is 0.847. The first-order chi connectivity index (χ1) is 4.91. The van der Waals surface area contributed by atoms with Crippen LogP contribution in [0.15, 0.2) is 36.4 Å². The first-order valence-electron chi connectivity index (χ1n) is 3.35.